The zero-order chi connectivity index (χ0) is 20.9. The molecule has 0 radical (unpaired) electrons. The Morgan fingerprint density at radius 2 is 1.28 bits per heavy atom. The second-order valence-corrected chi connectivity index (χ2v) is 7.34. The summed E-state index contributed by atoms with van der Waals surface area (Å²) in [6.45, 7) is 3.48. The maximum Gasteiger partial charge on any atom is 0.162 e. The lowest BCUT2D eigenvalue weighted by molar-refractivity contribution is 0.0988. The maximum absolute atomic E-state index is 11.6. The quantitative estimate of drug-likeness (QED) is 0.261. The van der Waals surface area contributed by atoms with Crippen LogP contribution in [-0.2, 0) is 0 Å². The molecule has 0 amide bonds. The van der Waals surface area contributed by atoms with Crippen LogP contribution in [0.1, 0.15) is 43.0 Å². The van der Waals surface area contributed by atoms with Gasteiger partial charge in [-0.05, 0) is 73.9 Å². The molecule has 2 aromatic rings. The van der Waals surface area contributed by atoms with E-state index in [1.165, 1.54) is 0 Å². The molecule has 4 nitrogen and oxygen atoms in total. The SMILES string of the molecule is CCC(=O)c1ccc(OCCCCCOc2ccc(OCC=C(Cl)Cl)cc2)cc1. The smallest absolute Gasteiger partial charge is 0.162 e. The van der Waals surface area contributed by atoms with Gasteiger partial charge in [0.25, 0.3) is 0 Å². The molecule has 0 aliphatic carbocycles. The number of ether oxygens (including phenoxy) is 3. The summed E-state index contributed by atoms with van der Waals surface area (Å²) in [6, 6.07) is 14.8. The average molecular weight is 437 g/mol. The molecule has 2 rings (SSSR count). The van der Waals surface area contributed by atoms with Gasteiger partial charge in [-0.3, -0.25) is 4.79 Å². The van der Waals surface area contributed by atoms with E-state index in [0.717, 1.165) is 42.1 Å². The summed E-state index contributed by atoms with van der Waals surface area (Å²) in [5.41, 5.74) is 0.730. The summed E-state index contributed by atoms with van der Waals surface area (Å²) in [5, 5.41) is 0. The second-order valence-electron chi connectivity index (χ2n) is 6.33. The van der Waals surface area contributed by atoms with Gasteiger partial charge in [0.15, 0.2) is 5.78 Å². The minimum absolute atomic E-state index is 0.145. The number of carbonyl (C=O) groups excluding carboxylic acids is 1. The van der Waals surface area contributed by atoms with Crippen LogP contribution >= 0.6 is 23.2 Å². The number of Topliss-reactive ketones (excluding diaryl/α,β-unsaturated/α-hetero) is 1. The molecule has 0 aliphatic heterocycles. The minimum Gasteiger partial charge on any atom is -0.494 e. The van der Waals surface area contributed by atoms with Crippen LogP contribution in [-0.4, -0.2) is 25.6 Å². The second kappa shape index (κ2) is 13.1. The van der Waals surface area contributed by atoms with Crippen LogP contribution in [0.2, 0.25) is 0 Å². The van der Waals surface area contributed by atoms with E-state index < -0.39 is 0 Å². The largest absolute Gasteiger partial charge is 0.494 e. The molecular formula is C23H26Cl2O4. The van der Waals surface area contributed by atoms with E-state index in [0.29, 0.717) is 26.2 Å². The monoisotopic (exact) mass is 436 g/mol. The molecule has 0 aromatic heterocycles. The lowest BCUT2D eigenvalue weighted by Gasteiger charge is -2.09. The standard InChI is InChI=1S/C23H26Cl2O4/c1-2-22(26)18-6-8-19(9-7-18)27-15-4-3-5-16-28-20-10-12-21(13-11-20)29-17-14-23(24)25/h6-14H,2-5,15-17H2,1H3. The van der Waals surface area contributed by atoms with Gasteiger partial charge in [-0.15, -0.1) is 0 Å². The van der Waals surface area contributed by atoms with Crippen molar-refractivity contribution in [3.8, 4) is 17.2 Å². The predicted octanol–water partition coefficient (Wildman–Crippen LogP) is 6.61. The van der Waals surface area contributed by atoms with E-state index in [2.05, 4.69) is 0 Å². The summed E-state index contributed by atoms with van der Waals surface area (Å²) < 4.78 is 17.1. The van der Waals surface area contributed by atoms with Gasteiger partial charge >= 0.3 is 0 Å². The maximum atomic E-state index is 11.6. The van der Waals surface area contributed by atoms with E-state index in [1.54, 1.807) is 6.08 Å². The molecule has 0 spiro atoms. The Balaban J connectivity index is 1.55. The Bertz CT molecular complexity index is 766. The number of halogens is 2. The fraction of sp³-hybridized carbons (Fsp3) is 0.348. The van der Waals surface area contributed by atoms with Crippen LogP contribution in [0.5, 0.6) is 17.2 Å². The molecule has 156 valence electrons. The first kappa shape index (κ1) is 23.1. The van der Waals surface area contributed by atoms with Crippen molar-refractivity contribution in [3.63, 3.8) is 0 Å². The van der Waals surface area contributed by atoms with Gasteiger partial charge < -0.3 is 14.2 Å². The molecule has 6 heteroatoms. The molecule has 0 atom stereocenters. The zero-order valence-corrected chi connectivity index (χ0v) is 18.0. The van der Waals surface area contributed by atoms with Crippen LogP contribution in [0, 0.1) is 0 Å². The molecule has 0 heterocycles. The van der Waals surface area contributed by atoms with Crippen molar-refractivity contribution >= 4 is 29.0 Å². The van der Waals surface area contributed by atoms with Gasteiger partial charge in [-0.25, -0.2) is 0 Å². The molecule has 0 unspecified atom stereocenters. The van der Waals surface area contributed by atoms with Gasteiger partial charge in [0.2, 0.25) is 0 Å². The number of ketones is 1. The van der Waals surface area contributed by atoms with Crippen LogP contribution in [0.25, 0.3) is 0 Å². The van der Waals surface area contributed by atoms with E-state index in [9.17, 15) is 4.79 Å². The van der Waals surface area contributed by atoms with Crippen molar-refractivity contribution in [2.75, 3.05) is 19.8 Å². The van der Waals surface area contributed by atoms with E-state index in [-0.39, 0.29) is 10.3 Å². The Morgan fingerprint density at radius 1 is 0.793 bits per heavy atom. The summed E-state index contributed by atoms with van der Waals surface area (Å²) in [7, 11) is 0. The highest BCUT2D eigenvalue weighted by atomic mass is 35.5. The fourth-order valence-electron chi connectivity index (χ4n) is 2.54. The van der Waals surface area contributed by atoms with Crippen molar-refractivity contribution in [2.45, 2.75) is 32.6 Å². The van der Waals surface area contributed by atoms with E-state index >= 15 is 0 Å². The molecule has 0 aliphatic rings. The van der Waals surface area contributed by atoms with Crippen LogP contribution < -0.4 is 14.2 Å². The summed E-state index contributed by atoms with van der Waals surface area (Å²) >= 11 is 11.1. The van der Waals surface area contributed by atoms with Gasteiger partial charge in [0.1, 0.15) is 28.3 Å². The molecule has 0 bridgehead atoms. The predicted molar refractivity (Wildman–Crippen MR) is 118 cm³/mol. The van der Waals surface area contributed by atoms with Crippen molar-refractivity contribution in [2.24, 2.45) is 0 Å². The molecule has 0 fully saturated rings. The number of hydrogen-bond acceptors (Lipinski definition) is 4. The minimum atomic E-state index is 0.145. The molecule has 29 heavy (non-hydrogen) atoms. The van der Waals surface area contributed by atoms with Gasteiger partial charge in [0.05, 0.1) is 13.2 Å². The third-order valence-corrected chi connectivity index (χ3v) is 4.44. The first-order chi connectivity index (χ1) is 14.1. The molecule has 0 saturated heterocycles. The third kappa shape index (κ3) is 9.25. The van der Waals surface area contributed by atoms with E-state index in [1.807, 2.05) is 55.5 Å². The summed E-state index contributed by atoms with van der Waals surface area (Å²) in [6.07, 6.45) is 5.01. The molecule has 0 saturated carbocycles. The Hall–Kier alpha value is -2.17. The Morgan fingerprint density at radius 3 is 1.76 bits per heavy atom. The van der Waals surface area contributed by atoms with Gasteiger partial charge in [-0.2, -0.15) is 0 Å². The number of benzene rings is 2. The zero-order valence-electron chi connectivity index (χ0n) is 16.5. The van der Waals surface area contributed by atoms with Crippen LogP contribution in [0.3, 0.4) is 0 Å². The van der Waals surface area contributed by atoms with Crippen molar-refractivity contribution < 1.29 is 19.0 Å². The molecular weight excluding hydrogens is 411 g/mol. The van der Waals surface area contributed by atoms with Crippen molar-refractivity contribution in [3.05, 3.63) is 64.7 Å². The number of carbonyl (C=O) groups is 1. The van der Waals surface area contributed by atoms with Gasteiger partial charge in [0, 0.05) is 12.0 Å². The van der Waals surface area contributed by atoms with Crippen LogP contribution in [0.4, 0.5) is 0 Å². The lowest BCUT2D eigenvalue weighted by atomic mass is 10.1. The van der Waals surface area contributed by atoms with Gasteiger partial charge in [-0.1, -0.05) is 30.1 Å². The Labute approximate surface area is 182 Å². The Kier molecular flexibility index (Phi) is 10.5. The summed E-state index contributed by atoms with van der Waals surface area (Å²) in [5.74, 6) is 2.47. The fourth-order valence-corrected chi connectivity index (χ4v) is 2.66. The number of unbranched alkanes of at least 4 members (excludes halogenated alkanes) is 2. The number of hydrogen-bond donors (Lipinski definition) is 0. The highest BCUT2D eigenvalue weighted by molar-refractivity contribution is 6.55. The normalized spacial score (nSPS) is 10.3. The first-order valence-electron chi connectivity index (χ1n) is 9.71. The van der Waals surface area contributed by atoms with Crippen molar-refractivity contribution in [1.82, 2.24) is 0 Å². The highest BCUT2D eigenvalue weighted by Crippen LogP contribution is 2.19. The van der Waals surface area contributed by atoms with E-state index in [4.69, 9.17) is 37.4 Å². The summed E-state index contributed by atoms with van der Waals surface area (Å²) in [4.78, 5) is 11.6. The molecule has 2 aromatic carbocycles. The molecule has 0 N–H and O–H groups in total. The lowest BCUT2D eigenvalue weighted by Crippen LogP contribution is -2.01. The third-order valence-electron chi connectivity index (χ3n) is 4.13. The topological polar surface area (TPSA) is 44.8 Å². The number of rotatable bonds is 13. The highest BCUT2D eigenvalue weighted by Gasteiger charge is 2.03. The van der Waals surface area contributed by atoms with Crippen LogP contribution in [0.15, 0.2) is 59.1 Å². The van der Waals surface area contributed by atoms with Crippen molar-refractivity contribution in [1.29, 1.82) is 0 Å². The average Bonchev–Trinajstić information content (AvgIpc) is 2.73. The first-order valence-corrected chi connectivity index (χ1v) is 10.5.